The van der Waals surface area contributed by atoms with Crippen molar-refractivity contribution in [1.82, 2.24) is 10.2 Å². The highest BCUT2D eigenvalue weighted by molar-refractivity contribution is 7.13. The summed E-state index contributed by atoms with van der Waals surface area (Å²) in [4.78, 5) is 12.2. The van der Waals surface area contributed by atoms with E-state index < -0.39 is 0 Å². The number of nitro groups is 1. The zero-order valence-corrected chi connectivity index (χ0v) is 11.5. The predicted octanol–water partition coefficient (Wildman–Crippen LogP) is 1.32. The summed E-state index contributed by atoms with van der Waals surface area (Å²) in [7, 11) is 4.01. The van der Waals surface area contributed by atoms with Crippen LogP contribution in [-0.2, 0) is 11.3 Å². The maximum absolute atomic E-state index is 10.5. The van der Waals surface area contributed by atoms with Crippen LogP contribution in [-0.4, -0.2) is 50.2 Å². The predicted molar refractivity (Wildman–Crippen MR) is 72.1 cm³/mol. The monoisotopic (exact) mass is 273 g/mol. The molecule has 0 aliphatic rings. The molecular formula is C11H19N3O3S. The van der Waals surface area contributed by atoms with E-state index in [-0.39, 0.29) is 9.92 Å². The molecule has 0 saturated carbocycles. The molecule has 0 atom stereocenters. The number of hydrogen-bond acceptors (Lipinski definition) is 6. The Kier molecular flexibility index (Phi) is 6.81. The molecule has 102 valence electrons. The summed E-state index contributed by atoms with van der Waals surface area (Å²) >= 11 is 1.16. The average Bonchev–Trinajstić information content (AvgIpc) is 2.76. The smallest absolute Gasteiger partial charge is 0.324 e. The van der Waals surface area contributed by atoms with E-state index in [9.17, 15) is 10.1 Å². The second-order valence-corrected chi connectivity index (χ2v) is 5.03. The van der Waals surface area contributed by atoms with Gasteiger partial charge in [0, 0.05) is 31.1 Å². The van der Waals surface area contributed by atoms with Gasteiger partial charge >= 0.3 is 5.00 Å². The Morgan fingerprint density at radius 2 is 2.28 bits per heavy atom. The lowest BCUT2D eigenvalue weighted by Crippen LogP contribution is -2.22. The van der Waals surface area contributed by atoms with Crippen LogP contribution in [0.4, 0.5) is 5.00 Å². The minimum atomic E-state index is -0.363. The molecule has 0 aliphatic carbocycles. The average molecular weight is 273 g/mol. The van der Waals surface area contributed by atoms with E-state index in [0.717, 1.165) is 36.6 Å². The van der Waals surface area contributed by atoms with Crippen LogP contribution in [0.3, 0.4) is 0 Å². The highest BCUT2D eigenvalue weighted by atomic mass is 32.1. The molecule has 1 rings (SSSR count). The van der Waals surface area contributed by atoms with Gasteiger partial charge in [-0.3, -0.25) is 10.1 Å². The van der Waals surface area contributed by atoms with Crippen molar-refractivity contribution in [3.63, 3.8) is 0 Å². The van der Waals surface area contributed by atoms with Crippen LogP contribution in [0, 0.1) is 10.1 Å². The summed E-state index contributed by atoms with van der Waals surface area (Å²) in [6.07, 6.45) is 0. The molecule has 0 bridgehead atoms. The highest BCUT2D eigenvalue weighted by Crippen LogP contribution is 2.22. The molecule has 0 aromatic carbocycles. The third-order valence-corrected chi connectivity index (χ3v) is 3.18. The third-order valence-electron chi connectivity index (χ3n) is 2.26. The molecule has 6 nitrogen and oxygen atoms in total. The van der Waals surface area contributed by atoms with Crippen molar-refractivity contribution in [2.45, 2.75) is 6.54 Å². The van der Waals surface area contributed by atoms with Crippen LogP contribution in [0.2, 0.25) is 0 Å². The maximum Gasteiger partial charge on any atom is 0.324 e. The van der Waals surface area contributed by atoms with Gasteiger partial charge in [-0.25, -0.2) is 0 Å². The van der Waals surface area contributed by atoms with Crippen LogP contribution in [0.1, 0.15) is 5.56 Å². The van der Waals surface area contributed by atoms with Crippen LogP contribution in [0.25, 0.3) is 0 Å². The normalized spacial score (nSPS) is 11.1. The van der Waals surface area contributed by atoms with Crippen molar-refractivity contribution in [1.29, 1.82) is 0 Å². The molecule has 1 heterocycles. The van der Waals surface area contributed by atoms with Crippen molar-refractivity contribution >= 4 is 16.3 Å². The fraction of sp³-hybridized carbons (Fsp3) is 0.636. The van der Waals surface area contributed by atoms with E-state index in [1.165, 1.54) is 0 Å². The minimum absolute atomic E-state index is 0.189. The van der Waals surface area contributed by atoms with E-state index in [0.29, 0.717) is 13.2 Å². The molecule has 7 heteroatoms. The van der Waals surface area contributed by atoms with Gasteiger partial charge in [-0.2, -0.15) is 0 Å². The topological polar surface area (TPSA) is 67.6 Å². The van der Waals surface area contributed by atoms with Gasteiger partial charge in [0.1, 0.15) is 0 Å². The molecule has 18 heavy (non-hydrogen) atoms. The first-order valence-electron chi connectivity index (χ1n) is 5.74. The molecule has 0 fully saturated rings. The Hall–Kier alpha value is -1.02. The van der Waals surface area contributed by atoms with Crippen LogP contribution in [0.15, 0.2) is 11.4 Å². The number of ether oxygens (including phenoxy) is 1. The fourth-order valence-corrected chi connectivity index (χ4v) is 2.01. The zero-order valence-electron chi connectivity index (χ0n) is 10.7. The quantitative estimate of drug-likeness (QED) is 0.417. The fourth-order valence-electron chi connectivity index (χ4n) is 1.28. The van der Waals surface area contributed by atoms with Crippen molar-refractivity contribution in [3.8, 4) is 0 Å². The molecule has 1 aromatic rings. The second kappa shape index (κ2) is 8.15. The van der Waals surface area contributed by atoms with E-state index in [4.69, 9.17) is 4.74 Å². The summed E-state index contributed by atoms with van der Waals surface area (Å²) in [6.45, 7) is 3.67. The number of thiophene rings is 1. The van der Waals surface area contributed by atoms with Crippen LogP contribution in [0.5, 0.6) is 0 Å². The van der Waals surface area contributed by atoms with Crippen molar-refractivity contribution in [2.24, 2.45) is 0 Å². The lowest BCUT2D eigenvalue weighted by atomic mass is 10.3. The lowest BCUT2D eigenvalue weighted by molar-refractivity contribution is -0.380. The Balaban J connectivity index is 2.05. The van der Waals surface area contributed by atoms with E-state index in [1.54, 1.807) is 11.4 Å². The maximum atomic E-state index is 10.5. The Bertz CT molecular complexity index is 368. The number of nitrogens with zero attached hydrogens (tertiary/aromatic N) is 2. The number of nitrogens with one attached hydrogen (secondary N) is 1. The summed E-state index contributed by atoms with van der Waals surface area (Å²) < 4.78 is 5.42. The Morgan fingerprint density at radius 3 is 2.89 bits per heavy atom. The first-order chi connectivity index (χ1) is 8.59. The van der Waals surface area contributed by atoms with Gasteiger partial charge in [-0.15, -0.1) is 0 Å². The number of hydrogen-bond donors (Lipinski definition) is 1. The van der Waals surface area contributed by atoms with Gasteiger partial charge in [-0.1, -0.05) is 11.3 Å². The number of rotatable bonds is 9. The Morgan fingerprint density at radius 1 is 1.50 bits per heavy atom. The molecule has 0 aliphatic heterocycles. The molecule has 0 spiro atoms. The van der Waals surface area contributed by atoms with E-state index >= 15 is 0 Å². The zero-order chi connectivity index (χ0) is 13.4. The highest BCUT2D eigenvalue weighted by Gasteiger charge is 2.08. The summed E-state index contributed by atoms with van der Waals surface area (Å²) in [5.74, 6) is 0. The molecule has 1 aromatic heterocycles. The molecule has 0 radical (unpaired) electrons. The van der Waals surface area contributed by atoms with Gasteiger partial charge in [0.15, 0.2) is 0 Å². The molecule has 1 N–H and O–H groups in total. The Labute approximate surface area is 111 Å². The SMILES string of the molecule is CN(C)CCOCCNCc1csc([N+](=O)[O-])c1. The summed E-state index contributed by atoms with van der Waals surface area (Å²) in [5, 5.41) is 15.7. The summed E-state index contributed by atoms with van der Waals surface area (Å²) in [5.41, 5.74) is 0.944. The summed E-state index contributed by atoms with van der Waals surface area (Å²) in [6, 6.07) is 1.60. The molecule has 0 amide bonds. The van der Waals surface area contributed by atoms with Gasteiger partial charge in [0.25, 0.3) is 0 Å². The van der Waals surface area contributed by atoms with Crippen molar-refractivity contribution in [3.05, 3.63) is 27.1 Å². The van der Waals surface area contributed by atoms with Gasteiger partial charge in [0.2, 0.25) is 0 Å². The minimum Gasteiger partial charge on any atom is -0.379 e. The van der Waals surface area contributed by atoms with E-state index in [2.05, 4.69) is 10.2 Å². The molecule has 0 unspecified atom stereocenters. The molecule has 0 saturated heterocycles. The first-order valence-corrected chi connectivity index (χ1v) is 6.62. The lowest BCUT2D eigenvalue weighted by Gasteiger charge is -2.09. The standard InChI is InChI=1S/C11H19N3O3S/c1-13(2)4-6-17-5-3-12-8-10-7-11(14(15)16)18-9-10/h7,9,12H,3-6,8H2,1-2H3. The first kappa shape index (κ1) is 15.0. The second-order valence-electron chi connectivity index (χ2n) is 4.14. The van der Waals surface area contributed by atoms with Gasteiger partial charge < -0.3 is 15.0 Å². The van der Waals surface area contributed by atoms with E-state index in [1.807, 2.05) is 14.1 Å². The van der Waals surface area contributed by atoms with Crippen LogP contribution < -0.4 is 5.32 Å². The van der Waals surface area contributed by atoms with Crippen molar-refractivity contribution in [2.75, 3.05) is 40.4 Å². The largest absolute Gasteiger partial charge is 0.379 e. The van der Waals surface area contributed by atoms with Gasteiger partial charge in [-0.05, 0) is 19.7 Å². The number of likely N-dealkylation sites (N-methyl/N-ethyl adjacent to an activating group) is 1. The van der Waals surface area contributed by atoms with Crippen molar-refractivity contribution < 1.29 is 9.66 Å². The van der Waals surface area contributed by atoms with Gasteiger partial charge in [0.05, 0.1) is 18.1 Å². The molecular weight excluding hydrogens is 254 g/mol. The third kappa shape index (κ3) is 6.06. The van der Waals surface area contributed by atoms with Crippen LogP contribution >= 0.6 is 11.3 Å².